The maximum atomic E-state index is 11.9. The van der Waals surface area contributed by atoms with Crippen molar-refractivity contribution >= 4 is 5.97 Å². The smallest absolute Gasteiger partial charge is 0.375 e. The summed E-state index contributed by atoms with van der Waals surface area (Å²) < 4.78 is 18.5. The summed E-state index contributed by atoms with van der Waals surface area (Å²) in [6.45, 7) is 7.04. The van der Waals surface area contributed by atoms with Gasteiger partial charge in [-0.2, -0.15) is 5.10 Å². The van der Waals surface area contributed by atoms with E-state index in [1.54, 1.807) is 11.6 Å². The van der Waals surface area contributed by atoms with Gasteiger partial charge >= 0.3 is 5.97 Å². The maximum absolute atomic E-state index is 11.9. The summed E-state index contributed by atoms with van der Waals surface area (Å²) in [7, 11) is 0. The van der Waals surface area contributed by atoms with E-state index in [-0.39, 0.29) is 18.3 Å². The van der Waals surface area contributed by atoms with Gasteiger partial charge in [0.15, 0.2) is 11.4 Å². The Bertz CT molecular complexity index is 899. The highest BCUT2D eigenvalue weighted by atomic mass is 16.5. The summed E-state index contributed by atoms with van der Waals surface area (Å²) in [5.74, 6) is 0.406. The van der Waals surface area contributed by atoms with Crippen LogP contribution in [-0.2, 0) is 17.9 Å². The summed E-state index contributed by atoms with van der Waals surface area (Å²) in [6, 6.07) is 9.88. The Labute approximate surface area is 157 Å². The van der Waals surface area contributed by atoms with Crippen molar-refractivity contribution in [1.82, 2.24) is 14.8 Å². The highest BCUT2D eigenvalue weighted by Gasteiger charge is 2.24. The molecule has 3 rings (SSSR count). The second-order valence-electron chi connectivity index (χ2n) is 6.01. The van der Waals surface area contributed by atoms with Crippen LogP contribution < -0.4 is 4.74 Å². The third kappa shape index (κ3) is 4.19. The van der Waals surface area contributed by atoms with Crippen molar-refractivity contribution in [2.75, 3.05) is 6.61 Å². The molecule has 3 aromatic rings. The quantitative estimate of drug-likeness (QED) is 0.558. The van der Waals surface area contributed by atoms with E-state index in [9.17, 15) is 4.79 Å². The summed E-state index contributed by atoms with van der Waals surface area (Å²) in [5, 5.41) is 4.55. The molecule has 0 atom stereocenters. The molecule has 0 unspecified atom stereocenters. The largest absolute Gasteiger partial charge is 0.484 e. The summed E-state index contributed by atoms with van der Waals surface area (Å²) >= 11 is 0. The zero-order chi connectivity index (χ0) is 19.2. The number of carbonyl (C=O) groups is 1. The summed E-state index contributed by atoms with van der Waals surface area (Å²) in [5.41, 5.74) is 2.41. The molecule has 0 saturated carbocycles. The van der Waals surface area contributed by atoms with Gasteiger partial charge in [0.25, 0.3) is 0 Å². The van der Waals surface area contributed by atoms with Gasteiger partial charge in [0.1, 0.15) is 12.3 Å². The number of aryl methyl sites for hydroxylation is 2. The standard InChI is InChI=1S/C20H23N3O4/c1-4-11-23-17(19-21-12-16(27-19)20(24)25-5-2)18(14(3)22-23)26-13-15-9-7-6-8-10-15/h6-10,12H,4-5,11,13H2,1-3H3. The predicted octanol–water partition coefficient (Wildman–Crippen LogP) is 4.01. The molecule has 7 nitrogen and oxygen atoms in total. The van der Waals surface area contributed by atoms with E-state index in [4.69, 9.17) is 13.9 Å². The van der Waals surface area contributed by atoms with Crippen LogP contribution in [0.4, 0.5) is 0 Å². The normalized spacial score (nSPS) is 10.8. The zero-order valence-electron chi connectivity index (χ0n) is 15.8. The van der Waals surface area contributed by atoms with E-state index in [0.29, 0.717) is 24.6 Å². The molecule has 27 heavy (non-hydrogen) atoms. The lowest BCUT2D eigenvalue weighted by atomic mass is 10.2. The number of nitrogens with zero attached hydrogens (tertiary/aromatic N) is 3. The number of carbonyl (C=O) groups excluding carboxylic acids is 1. The molecule has 0 bridgehead atoms. The Hall–Kier alpha value is -3.09. The first-order valence-electron chi connectivity index (χ1n) is 9.01. The SMILES string of the molecule is CCCn1nc(C)c(OCc2ccccc2)c1-c1ncc(C(=O)OCC)o1. The van der Waals surface area contributed by atoms with Crippen LogP contribution in [0.3, 0.4) is 0 Å². The predicted molar refractivity (Wildman–Crippen MR) is 99.5 cm³/mol. The fraction of sp³-hybridized carbons (Fsp3) is 0.350. The van der Waals surface area contributed by atoms with Crippen LogP contribution in [0.2, 0.25) is 0 Å². The molecular formula is C20H23N3O4. The van der Waals surface area contributed by atoms with E-state index < -0.39 is 5.97 Å². The molecule has 0 aliphatic rings. The minimum Gasteiger partial charge on any atom is -0.484 e. The number of ether oxygens (including phenoxy) is 2. The lowest BCUT2D eigenvalue weighted by Gasteiger charge is -2.08. The van der Waals surface area contributed by atoms with Gasteiger partial charge in [0.2, 0.25) is 11.7 Å². The Kier molecular flexibility index (Phi) is 5.90. The van der Waals surface area contributed by atoms with Crippen molar-refractivity contribution in [3.05, 3.63) is 53.5 Å². The van der Waals surface area contributed by atoms with E-state index in [0.717, 1.165) is 17.7 Å². The molecular weight excluding hydrogens is 346 g/mol. The molecule has 0 radical (unpaired) electrons. The molecule has 1 aromatic carbocycles. The monoisotopic (exact) mass is 369 g/mol. The maximum Gasteiger partial charge on any atom is 0.375 e. The molecule has 2 aromatic heterocycles. The minimum atomic E-state index is -0.540. The van der Waals surface area contributed by atoms with Crippen molar-refractivity contribution in [3.8, 4) is 17.3 Å². The fourth-order valence-corrected chi connectivity index (χ4v) is 2.73. The molecule has 0 aliphatic heterocycles. The third-order valence-electron chi connectivity index (χ3n) is 3.92. The number of aromatic nitrogens is 3. The molecule has 0 N–H and O–H groups in total. The summed E-state index contributed by atoms with van der Waals surface area (Å²) in [6.07, 6.45) is 2.25. The van der Waals surface area contributed by atoms with E-state index in [1.165, 1.54) is 6.20 Å². The van der Waals surface area contributed by atoms with E-state index in [1.807, 2.05) is 37.3 Å². The first kappa shape index (κ1) is 18.7. The fourth-order valence-electron chi connectivity index (χ4n) is 2.73. The highest BCUT2D eigenvalue weighted by Crippen LogP contribution is 2.34. The second kappa shape index (κ2) is 8.53. The highest BCUT2D eigenvalue weighted by molar-refractivity contribution is 5.86. The Morgan fingerprint density at radius 2 is 2.00 bits per heavy atom. The molecule has 0 spiro atoms. The number of hydrogen-bond acceptors (Lipinski definition) is 6. The van der Waals surface area contributed by atoms with Crippen molar-refractivity contribution < 1.29 is 18.7 Å². The molecule has 2 heterocycles. The van der Waals surface area contributed by atoms with Gasteiger partial charge in [0.05, 0.1) is 12.8 Å². The van der Waals surface area contributed by atoms with Crippen molar-refractivity contribution in [2.24, 2.45) is 0 Å². The van der Waals surface area contributed by atoms with E-state index in [2.05, 4.69) is 17.0 Å². The lowest BCUT2D eigenvalue weighted by Crippen LogP contribution is -2.03. The number of benzene rings is 1. The zero-order valence-corrected chi connectivity index (χ0v) is 15.8. The molecule has 142 valence electrons. The average molecular weight is 369 g/mol. The average Bonchev–Trinajstić information content (AvgIpc) is 3.26. The van der Waals surface area contributed by atoms with Gasteiger partial charge in [0, 0.05) is 6.54 Å². The topological polar surface area (TPSA) is 79.4 Å². The van der Waals surface area contributed by atoms with Gasteiger partial charge in [-0.25, -0.2) is 9.78 Å². The first-order valence-corrected chi connectivity index (χ1v) is 9.01. The minimum absolute atomic E-state index is 0.0581. The number of hydrogen-bond donors (Lipinski definition) is 0. The number of rotatable bonds is 8. The molecule has 0 amide bonds. The van der Waals surface area contributed by atoms with Crippen LogP contribution >= 0.6 is 0 Å². The van der Waals surface area contributed by atoms with Crippen LogP contribution in [0.5, 0.6) is 5.75 Å². The Balaban J connectivity index is 1.93. The van der Waals surface area contributed by atoms with Crippen LogP contribution in [0.1, 0.15) is 42.1 Å². The van der Waals surface area contributed by atoms with Crippen molar-refractivity contribution in [1.29, 1.82) is 0 Å². The van der Waals surface area contributed by atoms with Crippen molar-refractivity contribution in [3.63, 3.8) is 0 Å². The van der Waals surface area contributed by atoms with Gasteiger partial charge < -0.3 is 13.9 Å². The first-order chi connectivity index (χ1) is 13.1. The Morgan fingerprint density at radius 1 is 1.22 bits per heavy atom. The third-order valence-corrected chi connectivity index (χ3v) is 3.92. The molecule has 0 aliphatic carbocycles. The van der Waals surface area contributed by atoms with Gasteiger partial charge in [-0.1, -0.05) is 37.3 Å². The summed E-state index contributed by atoms with van der Waals surface area (Å²) in [4.78, 5) is 16.1. The van der Waals surface area contributed by atoms with Gasteiger partial charge in [-0.3, -0.25) is 4.68 Å². The lowest BCUT2D eigenvalue weighted by molar-refractivity contribution is 0.0491. The van der Waals surface area contributed by atoms with Crippen molar-refractivity contribution in [2.45, 2.75) is 40.3 Å². The number of esters is 1. The van der Waals surface area contributed by atoms with Crippen LogP contribution in [0, 0.1) is 6.92 Å². The van der Waals surface area contributed by atoms with E-state index >= 15 is 0 Å². The number of oxazole rings is 1. The molecule has 0 fully saturated rings. The van der Waals surface area contributed by atoms with Crippen LogP contribution in [0.25, 0.3) is 11.6 Å². The van der Waals surface area contributed by atoms with Crippen LogP contribution in [0.15, 0.2) is 40.9 Å². The molecule has 7 heteroatoms. The Morgan fingerprint density at radius 3 is 2.70 bits per heavy atom. The van der Waals surface area contributed by atoms with Crippen LogP contribution in [-0.4, -0.2) is 27.3 Å². The second-order valence-corrected chi connectivity index (χ2v) is 6.01. The van der Waals surface area contributed by atoms with Gasteiger partial charge in [-0.05, 0) is 25.8 Å². The molecule has 0 saturated heterocycles. The van der Waals surface area contributed by atoms with Gasteiger partial charge in [-0.15, -0.1) is 0 Å².